The molecule has 0 saturated carbocycles. The first-order valence-electron chi connectivity index (χ1n) is 9.00. The predicted molar refractivity (Wildman–Crippen MR) is 109 cm³/mol. The Bertz CT molecular complexity index is 842. The quantitative estimate of drug-likeness (QED) is 0.742. The zero-order valence-electron chi connectivity index (χ0n) is 15.4. The van der Waals surface area contributed by atoms with Crippen molar-refractivity contribution in [1.29, 1.82) is 0 Å². The average molecular weight is 405 g/mol. The highest BCUT2D eigenvalue weighted by Gasteiger charge is 2.26. The number of benzene rings is 2. The van der Waals surface area contributed by atoms with Gasteiger partial charge in [-0.05, 0) is 41.8 Å². The fourth-order valence-corrected chi connectivity index (χ4v) is 3.63. The third-order valence-electron chi connectivity index (χ3n) is 4.84. The molecule has 6 heteroatoms. The first-order chi connectivity index (χ1) is 12.9. The second-order valence-electron chi connectivity index (χ2n) is 6.99. The third-order valence-corrected chi connectivity index (χ3v) is 5.39. The molecule has 1 aliphatic rings. The maximum atomic E-state index is 12.7. The molecular formula is C21H22Cl2N2O2. The summed E-state index contributed by atoms with van der Waals surface area (Å²) in [5.41, 5.74) is 2.33. The third kappa shape index (κ3) is 4.45. The monoisotopic (exact) mass is 404 g/mol. The minimum Gasteiger partial charge on any atom is -0.335 e. The molecule has 1 heterocycles. The molecular weight excluding hydrogens is 383 g/mol. The van der Waals surface area contributed by atoms with E-state index in [1.54, 1.807) is 28.0 Å². The molecule has 27 heavy (non-hydrogen) atoms. The number of carbonyl (C=O) groups is 2. The molecule has 1 aliphatic heterocycles. The fourth-order valence-electron chi connectivity index (χ4n) is 3.14. The van der Waals surface area contributed by atoms with Crippen molar-refractivity contribution < 1.29 is 9.59 Å². The van der Waals surface area contributed by atoms with Crippen molar-refractivity contribution in [2.45, 2.75) is 19.8 Å². The summed E-state index contributed by atoms with van der Waals surface area (Å²) in [6.45, 7) is 6.21. The summed E-state index contributed by atoms with van der Waals surface area (Å²) in [6.07, 6.45) is 0. The molecule has 2 aromatic carbocycles. The Balaban J connectivity index is 1.62. The number of rotatable bonds is 3. The molecule has 0 bridgehead atoms. The predicted octanol–water partition coefficient (Wildman–Crippen LogP) is 4.72. The van der Waals surface area contributed by atoms with Crippen molar-refractivity contribution in [2.75, 3.05) is 26.2 Å². The summed E-state index contributed by atoms with van der Waals surface area (Å²) in [4.78, 5) is 28.9. The summed E-state index contributed by atoms with van der Waals surface area (Å²) in [5.74, 6) is 0.301. The number of carbonyl (C=O) groups excluding carboxylic acids is 2. The maximum Gasteiger partial charge on any atom is 0.255 e. The van der Waals surface area contributed by atoms with Gasteiger partial charge in [0.25, 0.3) is 11.8 Å². The largest absolute Gasteiger partial charge is 0.335 e. The van der Waals surface area contributed by atoms with Crippen LogP contribution in [0.15, 0.2) is 42.5 Å². The molecule has 0 atom stereocenters. The van der Waals surface area contributed by atoms with Crippen molar-refractivity contribution in [3.8, 4) is 0 Å². The highest BCUT2D eigenvalue weighted by Crippen LogP contribution is 2.23. The van der Waals surface area contributed by atoms with E-state index in [1.165, 1.54) is 5.56 Å². The van der Waals surface area contributed by atoms with Crippen molar-refractivity contribution >= 4 is 35.0 Å². The Morgan fingerprint density at radius 3 is 1.93 bits per heavy atom. The topological polar surface area (TPSA) is 40.6 Å². The lowest BCUT2D eigenvalue weighted by molar-refractivity contribution is 0.0535. The van der Waals surface area contributed by atoms with Crippen LogP contribution in [0.4, 0.5) is 0 Å². The molecule has 142 valence electrons. The molecule has 0 aliphatic carbocycles. The molecule has 0 aromatic heterocycles. The number of hydrogen-bond donors (Lipinski definition) is 0. The second kappa shape index (κ2) is 8.32. The van der Waals surface area contributed by atoms with Gasteiger partial charge in [0.2, 0.25) is 0 Å². The minimum absolute atomic E-state index is 0.00179. The van der Waals surface area contributed by atoms with Gasteiger partial charge in [-0.25, -0.2) is 0 Å². The van der Waals surface area contributed by atoms with E-state index < -0.39 is 0 Å². The van der Waals surface area contributed by atoms with Crippen LogP contribution in [-0.4, -0.2) is 47.8 Å². The maximum absolute atomic E-state index is 12.7. The number of nitrogens with zero attached hydrogens (tertiary/aromatic N) is 2. The number of hydrogen-bond acceptors (Lipinski definition) is 2. The summed E-state index contributed by atoms with van der Waals surface area (Å²) < 4.78 is 0. The lowest BCUT2D eigenvalue weighted by atomic mass is 10.0. The van der Waals surface area contributed by atoms with Crippen LogP contribution in [0.2, 0.25) is 10.0 Å². The fraction of sp³-hybridized carbons (Fsp3) is 0.333. The van der Waals surface area contributed by atoms with Gasteiger partial charge in [0, 0.05) is 36.8 Å². The first kappa shape index (κ1) is 19.7. The van der Waals surface area contributed by atoms with Crippen LogP contribution in [0, 0.1) is 0 Å². The van der Waals surface area contributed by atoms with Crippen LogP contribution in [0.25, 0.3) is 0 Å². The Hall–Kier alpha value is -2.04. The van der Waals surface area contributed by atoms with E-state index in [2.05, 4.69) is 13.8 Å². The van der Waals surface area contributed by atoms with Crippen LogP contribution < -0.4 is 0 Å². The Morgan fingerprint density at radius 2 is 1.41 bits per heavy atom. The van der Waals surface area contributed by atoms with E-state index in [0.717, 1.165) is 0 Å². The normalized spacial score (nSPS) is 14.6. The van der Waals surface area contributed by atoms with Crippen molar-refractivity contribution in [3.63, 3.8) is 0 Å². The summed E-state index contributed by atoms with van der Waals surface area (Å²) in [5, 5.41) is 0.840. The van der Waals surface area contributed by atoms with Gasteiger partial charge < -0.3 is 9.80 Å². The zero-order valence-corrected chi connectivity index (χ0v) is 16.9. The highest BCUT2D eigenvalue weighted by molar-refractivity contribution is 6.36. The van der Waals surface area contributed by atoms with E-state index in [0.29, 0.717) is 53.3 Å². The van der Waals surface area contributed by atoms with Gasteiger partial charge in [0.15, 0.2) is 0 Å². The van der Waals surface area contributed by atoms with Crippen molar-refractivity contribution in [1.82, 2.24) is 9.80 Å². The first-order valence-corrected chi connectivity index (χ1v) is 9.76. The van der Waals surface area contributed by atoms with Crippen LogP contribution >= 0.6 is 23.2 Å². The number of halogens is 2. The Morgan fingerprint density at radius 1 is 0.852 bits per heavy atom. The van der Waals surface area contributed by atoms with Gasteiger partial charge in [-0.2, -0.15) is 0 Å². The summed E-state index contributed by atoms with van der Waals surface area (Å²) in [6, 6.07) is 12.6. The average Bonchev–Trinajstić information content (AvgIpc) is 2.67. The lowest BCUT2D eigenvalue weighted by Gasteiger charge is -2.35. The molecule has 3 rings (SSSR count). The molecule has 2 amide bonds. The number of piperazine rings is 1. The molecule has 0 unspecified atom stereocenters. The van der Waals surface area contributed by atoms with E-state index in [4.69, 9.17) is 23.2 Å². The standard InChI is InChI=1S/C21H22Cl2N2O2/c1-14(2)15-3-5-16(6-4-15)20(26)24-9-11-25(12-10-24)21(27)18-8-7-17(22)13-19(18)23/h3-8,13-14H,9-12H2,1-2H3. The molecule has 4 nitrogen and oxygen atoms in total. The van der Waals surface area contributed by atoms with E-state index in [1.807, 2.05) is 24.3 Å². The van der Waals surface area contributed by atoms with Gasteiger partial charge in [0.05, 0.1) is 10.6 Å². The minimum atomic E-state index is -0.134. The van der Waals surface area contributed by atoms with E-state index in [9.17, 15) is 9.59 Å². The van der Waals surface area contributed by atoms with Gasteiger partial charge >= 0.3 is 0 Å². The molecule has 1 fully saturated rings. The van der Waals surface area contributed by atoms with E-state index in [-0.39, 0.29) is 11.8 Å². The van der Waals surface area contributed by atoms with Crippen LogP contribution in [0.1, 0.15) is 46.0 Å². The summed E-state index contributed by atoms with van der Waals surface area (Å²) in [7, 11) is 0. The van der Waals surface area contributed by atoms with Crippen LogP contribution in [-0.2, 0) is 0 Å². The Kier molecular flexibility index (Phi) is 6.08. The van der Waals surface area contributed by atoms with Gasteiger partial charge in [0.1, 0.15) is 0 Å². The lowest BCUT2D eigenvalue weighted by Crippen LogP contribution is -2.50. The second-order valence-corrected chi connectivity index (χ2v) is 7.83. The van der Waals surface area contributed by atoms with E-state index >= 15 is 0 Å². The van der Waals surface area contributed by atoms with Crippen molar-refractivity contribution in [2.24, 2.45) is 0 Å². The van der Waals surface area contributed by atoms with Crippen LogP contribution in [0.5, 0.6) is 0 Å². The van der Waals surface area contributed by atoms with Crippen LogP contribution in [0.3, 0.4) is 0 Å². The molecule has 0 N–H and O–H groups in total. The Labute approximate surface area is 169 Å². The number of amides is 2. The molecule has 0 radical (unpaired) electrons. The van der Waals surface area contributed by atoms with Gasteiger partial charge in [-0.1, -0.05) is 49.2 Å². The highest BCUT2D eigenvalue weighted by atomic mass is 35.5. The molecule has 1 saturated heterocycles. The molecule has 0 spiro atoms. The SMILES string of the molecule is CC(C)c1ccc(C(=O)N2CCN(C(=O)c3ccc(Cl)cc3Cl)CC2)cc1. The molecule has 2 aromatic rings. The van der Waals surface area contributed by atoms with Gasteiger partial charge in [-0.15, -0.1) is 0 Å². The smallest absolute Gasteiger partial charge is 0.255 e. The summed E-state index contributed by atoms with van der Waals surface area (Å²) >= 11 is 12.0. The zero-order chi connectivity index (χ0) is 19.6. The van der Waals surface area contributed by atoms with Gasteiger partial charge in [-0.3, -0.25) is 9.59 Å². The van der Waals surface area contributed by atoms with Crippen molar-refractivity contribution in [3.05, 3.63) is 69.2 Å².